The maximum atomic E-state index is 13.0. The molecule has 0 saturated heterocycles. The fraction of sp³-hybridized carbons (Fsp3) is 0.125. The summed E-state index contributed by atoms with van der Waals surface area (Å²) in [5.74, 6) is -0.452. The highest BCUT2D eigenvalue weighted by Crippen LogP contribution is 2.25. The molecule has 0 radical (unpaired) electrons. The van der Waals surface area contributed by atoms with Gasteiger partial charge in [0.25, 0.3) is 5.56 Å². The van der Waals surface area contributed by atoms with Crippen LogP contribution in [0.2, 0.25) is 0 Å². The molecule has 4 rings (SSSR count). The van der Waals surface area contributed by atoms with E-state index in [0.29, 0.717) is 36.5 Å². The Kier molecular flexibility index (Phi) is 5.66. The van der Waals surface area contributed by atoms with Gasteiger partial charge in [-0.2, -0.15) is 0 Å². The Morgan fingerprint density at radius 2 is 1.90 bits per heavy atom. The fourth-order valence-corrected chi connectivity index (χ4v) is 3.33. The van der Waals surface area contributed by atoms with Crippen molar-refractivity contribution in [2.24, 2.45) is 0 Å². The zero-order valence-corrected chi connectivity index (χ0v) is 16.7. The first-order valence-corrected chi connectivity index (χ1v) is 9.83. The van der Waals surface area contributed by atoms with Crippen molar-refractivity contribution < 1.29 is 14.6 Å². The van der Waals surface area contributed by atoms with Crippen molar-refractivity contribution in [1.82, 2.24) is 14.6 Å². The molecule has 4 aromatic rings. The molecule has 0 bridgehead atoms. The number of hydrogen-bond acceptors (Lipinski definition) is 4. The van der Waals surface area contributed by atoms with Gasteiger partial charge < -0.3 is 9.84 Å². The summed E-state index contributed by atoms with van der Waals surface area (Å²) in [5.41, 5.74) is 2.68. The smallest absolute Gasteiger partial charge is 0.353 e. The lowest BCUT2D eigenvalue weighted by atomic mass is 10.0. The van der Waals surface area contributed by atoms with Gasteiger partial charge in [-0.15, -0.1) is 6.58 Å². The standard InChI is InChI=1S/C24H21N3O4/c1-2-3-9-19-22(25-21-14-20(24(29)30)26-27(21)23(19)28)17-10-12-18(13-11-17)31-15-16-7-5-4-6-8-16/h2,4-8,10-14,26H,1,3,9,15H2,(H,29,30). The van der Waals surface area contributed by atoms with Crippen LogP contribution < -0.4 is 10.3 Å². The van der Waals surface area contributed by atoms with Crippen molar-refractivity contribution in [3.8, 4) is 17.0 Å². The molecule has 7 heteroatoms. The van der Waals surface area contributed by atoms with Gasteiger partial charge in [-0.05, 0) is 42.7 Å². The molecule has 7 nitrogen and oxygen atoms in total. The quantitative estimate of drug-likeness (QED) is 0.423. The van der Waals surface area contributed by atoms with Crippen LogP contribution in [0.1, 0.15) is 28.0 Å². The van der Waals surface area contributed by atoms with Gasteiger partial charge in [-0.1, -0.05) is 36.4 Å². The Hall–Kier alpha value is -4.13. The van der Waals surface area contributed by atoms with E-state index in [4.69, 9.17) is 4.74 Å². The molecule has 0 aliphatic rings. The third-order valence-electron chi connectivity index (χ3n) is 4.91. The van der Waals surface area contributed by atoms with Gasteiger partial charge in [0.05, 0.1) is 5.69 Å². The topological polar surface area (TPSA) is 96.7 Å². The van der Waals surface area contributed by atoms with Gasteiger partial charge in [0.15, 0.2) is 5.65 Å². The van der Waals surface area contributed by atoms with Crippen LogP contribution >= 0.6 is 0 Å². The average Bonchev–Trinajstić information content (AvgIpc) is 3.23. The first-order valence-electron chi connectivity index (χ1n) is 9.83. The highest BCUT2D eigenvalue weighted by molar-refractivity contribution is 5.86. The maximum Gasteiger partial charge on any atom is 0.353 e. The van der Waals surface area contributed by atoms with E-state index in [1.165, 1.54) is 10.6 Å². The van der Waals surface area contributed by atoms with Crippen molar-refractivity contribution in [3.05, 3.63) is 100 Å². The SMILES string of the molecule is C=CCCc1c(-c2ccc(OCc3ccccc3)cc2)nc2cc(C(=O)O)[nH]n2c1=O. The van der Waals surface area contributed by atoms with Gasteiger partial charge in [0.1, 0.15) is 18.1 Å². The van der Waals surface area contributed by atoms with E-state index >= 15 is 0 Å². The summed E-state index contributed by atoms with van der Waals surface area (Å²) in [6.07, 6.45) is 2.78. The van der Waals surface area contributed by atoms with Crippen molar-refractivity contribution in [3.63, 3.8) is 0 Å². The van der Waals surface area contributed by atoms with E-state index in [9.17, 15) is 14.7 Å². The summed E-state index contributed by atoms with van der Waals surface area (Å²) in [7, 11) is 0. The van der Waals surface area contributed by atoms with Crippen molar-refractivity contribution in [1.29, 1.82) is 0 Å². The first-order chi connectivity index (χ1) is 15.1. The molecule has 31 heavy (non-hydrogen) atoms. The van der Waals surface area contributed by atoms with Gasteiger partial charge in [-0.3, -0.25) is 9.89 Å². The second-order valence-electron chi connectivity index (χ2n) is 7.04. The lowest BCUT2D eigenvalue weighted by molar-refractivity contribution is 0.0690. The largest absolute Gasteiger partial charge is 0.489 e. The molecule has 0 aliphatic heterocycles. The summed E-state index contributed by atoms with van der Waals surface area (Å²) in [6, 6.07) is 18.6. The Morgan fingerprint density at radius 1 is 1.16 bits per heavy atom. The van der Waals surface area contributed by atoms with E-state index in [-0.39, 0.29) is 16.9 Å². The number of nitrogens with one attached hydrogen (secondary N) is 1. The molecule has 2 heterocycles. The van der Waals surface area contributed by atoms with Crippen LogP contribution in [0.3, 0.4) is 0 Å². The number of aromatic carboxylic acids is 1. The minimum absolute atomic E-state index is 0.0962. The number of aromatic nitrogens is 3. The summed E-state index contributed by atoms with van der Waals surface area (Å²) in [6.45, 7) is 4.18. The number of carboxylic acid groups (broad SMARTS) is 1. The van der Waals surface area contributed by atoms with E-state index in [1.54, 1.807) is 6.08 Å². The summed E-state index contributed by atoms with van der Waals surface area (Å²) < 4.78 is 7.00. The lowest BCUT2D eigenvalue weighted by Gasteiger charge is -2.10. The number of aromatic amines is 1. The van der Waals surface area contributed by atoms with Gasteiger partial charge in [0.2, 0.25) is 0 Å². The third-order valence-corrected chi connectivity index (χ3v) is 4.91. The molecular formula is C24H21N3O4. The van der Waals surface area contributed by atoms with Crippen molar-refractivity contribution >= 4 is 11.6 Å². The number of carboxylic acids is 1. The predicted molar refractivity (Wildman–Crippen MR) is 118 cm³/mol. The fourth-order valence-electron chi connectivity index (χ4n) is 3.33. The molecule has 0 amide bonds. The lowest BCUT2D eigenvalue weighted by Crippen LogP contribution is -2.21. The van der Waals surface area contributed by atoms with Crippen molar-refractivity contribution in [2.45, 2.75) is 19.4 Å². The normalized spacial score (nSPS) is 10.8. The number of carbonyl (C=O) groups is 1. The second-order valence-corrected chi connectivity index (χ2v) is 7.04. The third kappa shape index (κ3) is 4.25. The maximum absolute atomic E-state index is 13.0. The molecule has 0 atom stereocenters. The average molecular weight is 415 g/mol. The summed E-state index contributed by atoms with van der Waals surface area (Å²) in [5, 5.41) is 11.8. The molecule has 0 aliphatic carbocycles. The Balaban J connectivity index is 1.69. The van der Waals surface area contributed by atoms with E-state index in [1.807, 2.05) is 54.6 Å². The molecular weight excluding hydrogens is 394 g/mol. The first kappa shape index (κ1) is 20.2. The molecule has 2 aromatic carbocycles. The number of benzene rings is 2. The molecule has 2 N–H and O–H groups in total. The van der Waals surface area contributed by atoms with E-state index in [2.05, 4.69) is 16.7 Å². The zero-order valence-electron chi connectivity index (χ0n) is 16.7. The number of allylic oxidation sites excluding steroid dienone is 1. The molecule has 0 fully saturated rings. The van der Waals surface area contributed by atoms with Crippen molar-refractivity contribution in [2.75, 3.05) is 0 Å². The van der Waals surface area contributed by atoms with Crippen LogP contribution in [-0.2, 0) is 13.0 Å². The molecule has 0 spiro atoms. The van der Waals surface area contributed by atoms with Gasteiger partial charge >= 0.3 is 5.97 Å². The van der Waals surface area contributed by atoms with E-state index in [0.717, 1.165) is 11.1 Å². The Labute approximate surface area is 178 Å². The molecule has 0 saturated carbocycles. The highest BCUT2D eigenvalue weighted by Gasteiger charge is 2.17. The summed E-state index contributed by atoms with van der Waals surface area (Å²) in [4.78, 5) is 28.9. The molecule has 156 valence electrons. The van der Waals surface area contributed by atoms with Crippen LogP contribution in [0.4, 0.5) is 0 Å². The number of nitrogens with zero attached hydrogens (tertiary/aromatic N) is 2. The number of rotatable bonds is 8. The molecule has 2 aromatic heterocycles. The minimum Gasteiger partial charge on any atom is -0.489 e. The monoisotopic (exact) mass is 415 g/mol. The van der Waals surface area contributed by atoms with Crippen LogP contribution in [0.25, 0.3) is 16.9 Å². The van der Waals surface area contributed by atoms with Crippen LogP contribution in [0, 0.1) is 0 Å². The van der Waals surface area contributed by atoms with E-state index < -0.39 is 5.97 Å². The zero-order chi connectivity index (χ0) is 21.8. The predicted octanol–water partition coefficient (Wildman–Crippen LogP) is 4.09. The minimum atomic E-state index is -1.15. The number of fused-ring (bicyclic) bond motifs is 1. The van der Waals surface area contributed by atoms with Crippen LogP contribution in [0.15, 0.2) is 78.1 Å². The Morgan fingerprint density at radius 3 is 2.58 bits per heavy atom. The van der Waals surface area contributed by atoms with Gasteiger partial charge in [0, 0.05) is 17.2 Å². The van der Waals surface area contributed by atoms with Crippen LogP contribution in [0.5, 0.6) is 5.75 Å². The number of H-pyrrole nitrogens is 1. The number of hydrogen-bond donors (Lipinski definition) is 2. The van der Waals surface area contributed by atoms with Gasteiger partial charge in [-0.25, -0.2) is 14.3 Å². The molecule has 0 unspecified atom stereocenters. The second kappa shape index (κ2) is 8.71. The summed E-state index contributed by atoms with van der Waals surface area (Å²) >= 11 is 0. The van der Waals surface area contributed by atoms with Crippen LogP contribution in [-0.4, -0.2) is 25.7 Å². The Bertz CT molecular complexity index is 1290. The highest BCUT2D eigenvalue weighted by atomic mass is 16.5. The number of ether oxygens (including phenoxy) is 1.